The van der Waals surface area contributed by atoms with Crippen LogP contribution in [0.15, 0.2) is 30.3 Å². The van der Waals surface area contributed by atoms with Crippen molar-refractivity contribution in [1.29, 1.82) is 0 Å². The van der Waals surface area contributed by atoms with Crippen LogP contribution in [0.1, 0.15) is 12.5 Å². The molecular formula is C10H14N2O2. The highest BCUT2D eigenvalue weighted by Gasteiger charge is 2.16. The molecule has 4 heteroatoms. The van der Waals surface area contributed by atoms with Gasteiger partial charge in [-0.15, -0.1) is 5.01 Å². The Morgan fingerprint density at radius 3 is 2.50 bits per heavy atom. The number of hydrogen-bond acceptors (Lipinski definition) is 2. The van der Waals surface area contributed by atoms with Gasteiger partial charge in [0.05, 0.1) is 13.1 Å². The molecule has 0 aliphatic heterocycles. The molecule has 1 unspecified atom stereocenters. The Kier molecular flexibility index (Phi) is 3.45. The zero-order valence-corrected chi connectivity index (χ0v) is 8.38. The minimum Gasteiger partial charge on any atom is -0.235 e. The quantitative estimate of drug-likeness (QED) is 0.541. The van der Waals surface area contributed by atoms with Gasteiger partial charge < -0.3 is 0 Å². The zero-order valence-electron chi connectivity index (χ0n) is 8.38. The van der Waals surface area contributed by atoms with Crippen LogP contribution >= 0.6 is 0 Å². The Balaban J connectivity index is 2.57. The average Bonchev–Trinajstić information content (AvgIpc) is 2.18. The predicted octanol–water partition coefficient (Wildman–Crippen LogP) is 1.74. The van der Waals surface area contributed by atoms with Gasteiger partial charge in [0.1, 0.15) is 0 Å². The van der Waals surface area contributed by atoms with E-state index in [1.54, 1.807) is 0 Å². The van der Waals surface area contributed by atoms with E-state index < -0.39 is 0 Å². The molecule has 0 radical (unpaired) electrons. The third-order valence-corrected chi connectivity index (χ3v) is 2.27. The molecule has 1 aromatic carbocycles. The van der Waals surface area contributed by atoms with Crippen LogP contribution in [0.5, 0.6) is 0 Å². The first kappa shape index (κ1) is 10.5. The van der Waals surface area contributed by atoms with Crippen molar-refractivity contribution in [2.45, 2.75) is 19.4 Å². The van der Waals surface area contributed by atoms with Gasteiger partial charge >= 0.3 is 0 Å². The van der Waals surface area contributed by atoms with Gasteiger partial charge in [0.15, 0.2) is 5.03 Å². The fourth-order valence-corrected chi connectivity index (χ4v) is 1.25. The maximum Gasteiger partial charge on any atom is 0.160 e. The Morgan fingerprint density at radius 2 is 2.00 bits per heavy atom. The second kappa shape index (κ2) is 4.60. The summed E-state index contributed by atoms with van der Waals surface area (Å²) in [5.41, 5.74) is 1.12. The fraction of sp³-hybridized carbons (Fsp3) is 0.400. The maximum absolute atomic E-state index is 10.5. The van der Waals surface area contributed by atoms with Gasteiger partial charge in [-0.2, -0.15) is 0 Å². The summed E-state index contributed by atoms with van der Waals surface area (Å²) in [6, 6.07) is 9.68. The van der Waals surface area contributed by atoms with Crippen molar-refractivity contribution in [3.63, 3.8) is 0 Å². The minimum atomic E-state index is -0.381. The third kappa shape index (κ3) is 2.73. The predicted molar refractivity (Wildman–Crippen MR) is 54.4 cm³/mol. The van der Waals surface area contributed by atoms with Crippen molar-refractivity contribution in [3.8, 4) is 0 Å². The molecule has 0 aliphatic rings. The lowest BCUT2D eigenvalue weighted by Crippen LogP contribution is -2.35. The topological polar surface area (TPSA) is 46.4 Å². The van der Waals surface area contributed by atoms with Crippen LogP contribution in [0, 0.1) is 10.1 Å². The van der Waals surface area contributed by atoms with E-state index in [9.17, 15) is 10.1 Å². The van der Waals surface area contributed by atoms with Gasteiger partial charge in [-0.05, 0) is 18.9 Å². The lowest BCUT2D eigenvalue weighted by molar-refractivity contribution is -0.656. The molecule has 76 valence electrons. The van der Waals surface area contributed by atoms with Gasteiger partial charge in [0.25, 0.3) is 0 Å². The molecule has 0 aliphatic carbocycles. The van der Waals surface area contributed by atoms with Crippen molar-refractivity contribution in [2.24, 2.45) is 0 Å². The van der Waals surface area contributed by atoms with Crippen LogP contribution in [0.3, 0.4) is 0 Å². The highest BCUT2D eigenvalue weighted by molar-refractivity contribution is 5.15. The van der Waals surface area contributed by atoms with Gasteiger partial charge in [-0.1, -0.05) is 30.3 Å². The molecule has 0 aromatic heterocycles. The normalized spacial score (nSPS) is 12.1. The zero-order chi connectivity index (χ0) is 10.6. The number of likely N-dealkylation sites (N-methyl/N-ethyl adjacent to an activating group) is 1. The van der Waals surface area contributed by atoms with E-state index >= 15 is 0 Å². The van der Waals surface area contributed by atoms with Crippen molar-refractivity contribution in [2.75, 3.05) is 7.05 Å². The molecule has 0 amide bonds. The van der Waals surface area contributed by atoms with Gasteiger partial charge in [-0.3, -0.25) is 0 Å². The van der Waals surface area contributed by atoms with E-state index in [0.717, 1.165) is 10.6 Å². The summed E-state index contributed by atoms with van der Waals surface area (Å²) in [6.07, 6.45) is 0.693. The molecular weight excluding hydrogens is 180 g/mol. The number of benzene rings is 1. The Bertz CT molecular complexity index is 300. The molecule has 0 fully saturated rings. The van der Waals surface area contributed by atoms with Crippen LogP contribution in [0.2, 0.25) is 0 Å². The molecule has 0 saturated carbocycles. The van der Waals surface area contributed by atoms with Crippen LogP contribution in [-0.4, -0.2) is 23.1 Å². The summed E-state index contributed by atoms with van der Waals surface area (Å²) in [7, 11) is 1.49. The molecule has 14 heavy (non-hydrogen) atoms. The largest absolute Gasteiger partial charge is 0.235 e. The lowest BCUT2D eigenvalue weighted by atomic mass is 10.1. The molecule has 0 N–H and O–H groups in total. The number of rotatable bonds is 4. The smallest absolute Gasteiger partial charge is 0.160 e. The first-order valence-electron chi connectivity index (χ1n) is 4.52. The number of hydrogen-bond donors (Lipinski definition) is 0. The van der Waals surface area contributed by atoms with Crippen molar-refractivity contribution in [1.82, 2.24) is 5.01 Å². The van der Waals surface area contributed by atoms with Crippen LogP contribution in [0.4, 0.5) is 0 Å². The fourth-order valence-electron chi connectivity index (χ4n) is 1.25. The summed E-state index contributed by atoms with van der Waals surface area (Å²) in [5.74, 6) is 0. The Hall–Kier alpha value is -1.58. The van der Waals surface area contributed by atoms with Gasteiger partial charge in [0.2, 0.25) is 0 Å². The molecule has 1 atom stereocenters. The average molecular weight is 194 g/mol. The molecule has 0 bridgehead atoms. The first-order chi connectivity index (χ1) is 6.61. The summed E-state index contributed by atoms with van der Waals surface area (Å²) in [6.45, 7) is 1.84. The molecule has 4 nitrogen and oxygen atoms in total. The van der Waals surface area contributed by atoms with Gasteiger partial charge in [0, 0.05) is 0 Å². The van der Waals surface area contributed by atoms with Crippen molar-refractivity contribution < 1.29 is 5.03 Å². The van der Waals surface area contributed by atoms with E-state index in [1.165, 1.54) is 7.05 Å². The second-order valence-corrected chi connectivity index (χ2v) is 3.35. The maximum atomic E-state index is 10.5. The van der Waals surface area contributed by atoms with E-state index in [4.69, 9.17) is 0 Å². The van der Waals surface area contributed by atoms with Crippen LogP contribution in [0.25, 0.3) is 0 Å². The van der Waals surface area contributed by atoms with Crippen LogP contribution < -0.4 is 0 Å². The van der Waals surface area contributed by atoms with Crippen molar-refractivity contribution >= 4 is 0 Å². The highest BCUT2D eigenvalue weighted by atomic mass is 16.7. The van der Waals surface area contributed by atoms with Crippen LogP contribution in [-0.2, 0) is 6.42 Å². The van der Waals surface area contributed by atoms with Crippen molar-refractivity contribution in [3.05, 3.63) is 46.0 Å². The summed E-state index contributed by atoms with van der Waals surface area (Å²) in [5, 5.41) is 11.2. The molecule has 0 heterocycles. The number of hydrazine groups is 1. The van der Waals surface area contributed by atoms with E-state index in [0.29, 0.717) is 6.42 Å². The molecule has 1 aromatic rings. The monoisotopic (exact) mass is 194 g/mol. The van der Waals surface area contributed by atoms with Gasteiger partial charge in [-0.25, -0.2) is 10.1 Å². The first-order valence-corrected chi connectivity index (χ1v) is 4.52. The molecule has 0 saturated heterocycles. The summed E-state index contributed by atoms with van der Waals surface area (Å²) in [4.78, 5) is 10.5. The lowest BCUT2D eigenvalue weighted by Gasteiger charge is -2.16. The minimum absolute atomic E-state index is 0.0904. The number of nitro groups is 1. The molecule has 0 spiro atoms. The summed E-state index contributed by atoms with van der Waals surface area (Å²) >= 11 is 0. The second-order valence-electron chi connectivity index (χ2n) is 3.35. The standard InChI is InChI=1S/C10H14N2O2/c1-9(11(2)12(13)14)8-10-6-4-3-5-7-10/h3-7,9H,8H2,1-2H3. The SMILES string of the molecule is CC(Cc1ccccc1)N(C)[N+](=O)[O-]. The molecule has 1 rings (SSSR count). The Morgan fingerprint density at radius 1 is 1.43 bits per heavy atom. The summed E-state index contributed by atoms with van der Waals surface area (Å²) < 4.78 is 0. The van der Waals surface area contributed by atoms with E-state index in [-0.39, 0.29) is 11.1 Å². The third-order valence-electron chi connectivity index (χ3n) is 2.27. The van der Waals surface area contributed by atoms with E-state index in [1.807, 2.05) is 37.3 Å². The number of nitrogens with zero attached hydrogens (tertiary/aromatic N) is 2. The van der Waals surface area contributed by atoms with E-state index in [2.05, 4.69) is 0 Å². The highest BCUT2D eigenvalue weighted by Crippen LogP contribution is 2.06. The Labute approximate surface area is 83.3 Å².